The van der Waals surface area contributed by atoms with E-state index in [1.807, 2.05) is 0 Å². The maximum absolute atomic E-state index is 12.1. The van der Waals surface area contributed by atoms with Crippen LogP contribution in [-0.2, 0) is 19.1 Å². The molecule has 0 radical (unpaired) electrons. The molecule has 0 unspecified atom stereocenters. The molecule has 0 aliphatic carbocycles. The molecule has 7 nitrogen and oxygen atoms in total. The second kappa shape index (κ2) is 7.09. The van der Waals surface area contributed by atoms with Gasteiger partial charge in [0.1, 0.15) is 6.04 Å². The minimum atomic E-state index is -0.877. The van der Waals surface area contributed by atoms with E-state index in [4.69, 9.17) is 16.9 Å². The number of carbonyl (C=O) groups excluding carboxylic acids is 3. The number of ether oxygens (including phenoxy) is 1. The quantitative estimate of drug-likeness (QED) is 0.553. The van der Waals surface area contributed by atoms with Crippen LogP contribution in [0, 0.1) is 12.3 Å². The first-order chi connectivity index (χ1) is 9.83. The topological polar surface area (TPSA) is 92.9 Å². The van der Waals surface area contributed by atoms with E-state index in [0.717, 1.165) is 5.01 Å². The number of carbonyl (C=O) groups is 3. The first kappa shape index (κ1) is 17.0. The van der Waals surface area contributed by atoms with Gasteiger partial charge in [-0.3, -0.25) is 14.4 Å². The predicted molar refractivity (Wildman–Crippen MR) is 75.3 cm³/mol. The molecule has 0 aromatic heterocycles. The Morgan fingerprint density at radius 2 is 2.24 bits per heavy atom. The Balaban J connectivity index is 2.99. The predicted octanol–water partition coefficient (Wildman–Crippen LogP) is -0.347. The number of esters is 1. The van der Waals surface area contributed by atoms with Crippen molar-refractivity contribution in [1.82, 2.24) is 10.0 Å². The molecule has 7 heteroatoms. The number of rotatable bonds is 5. The van der Waals surface area contributed by atoms with E-state index in [9.17, 15) is 14.4 Å². The van der Waals surface area contributed by atoms with Crippen LogP contribution in [0.1, 0.15) is 33.6 Å². The molecule has 0 aromatic carbocycles. The molecule has 0 aromatic rings. The summed E-state index contributed by atoms with van der Waals surface area (Å²) in [4.78, 5) is 35.6. The summed E-state index contributed by atoms with van der Waals surface area (Å²) < 4.78 is 4.84. The van der Waals surface area contributed by atoms with E-state index in [1.165, 1.54) is 11.9 Å². The number of hydrazine groups is 1. The molecule has 1 aliphatic heterocycles. The average molecular weight is 295 g/mol. The van der Waals surface area contributed by atoms with Crippen molar-refractivity contribution in [3.05, 3.63) is 0 Å². The second-order valence-electron chi connectivity index (χ2n) is 4.93. The van der Waals surface area contributed by atoms with Gasteiger partial charge in [0.05, 0.1) is 25.1 Å². The summed E-state index contributed by atoms with van der Waals surface area (Å²) in [7, 11) is 0. The molecule has 1 aliphatic rings. The van der Waals surface area contributed by atoms with Crippen LogP contribution in [0.3, 0.4) is 0 Å². The van der Waals surface area contributed by atoms with Crippen molar-refractivity contribution in [2.24, 2.45) is 5.73 Å². The number of amides is 2. The maximum atomic E-state index is 12.1. The molecule has 21 heavy (non-hydrogen) atoms. The Labute approximate surface area is 124 Å². The molecule has 0 spiro atoms. The van der Waals surface area contributed by atoms with Crippen molar-refractivity contribution >= 4 is 17.8 Å². The van der Waals surface area contributed by atoms with E-state index in [-0.39, 0.29) is 25.0 Å². The van der Waals surface area contributed by atoms with Gasteiger partial charge in [-0.15, -0.1) is 6.42 Å². The number of nitrogens with two attached hydrogens (primary N) is 1. The van der Waals surface area contributed by atoms with Gasteiger partial charge in [-0.1, -0.05) is 5.92 Å². The molecule has 1 rings (SSSR count). The van der Waals surface area contributed by atoms with E-state index < -0.39 is 24.0 Å². The largest absolute Gasteiger partial charge is 0.466 e. The third kappa shape index (κ3) is 3.73. The van der Waals surface area contributed by atoms with Gasteiger partial charge < -0.3 is 10.5 Å². The molecule has 1 heterocycles. The van der Waals surface area contributed by atoms with E-state index >= 15 is 0 Å². The monoisotopic (exact) mass is 295 g/mol. The molecule has 2 amide bonds. The van der Waals surface area contributed by atoms with Gasteiger partial charge in [0, 0.05) is 6.92 Å². The molecule has 1 fully saturated rings. The minimum absolute atomic E-state index is 0.171. The van der Waals surface area contributed by atoms with Crippen molar-refractivity contribution in [3.63, 3.8) is 0 Å². The fraction of sp³-hybridized carbons (Fsp3) is 0.643. The number of hydrogen-bond donors (Lipinski definition) is 1. The summed E-state index contributed by atoms with van der Waals surface area (Å²) in [6, 6.07) is -1.80. The number of terminal acetylenes is 1. The zero-order valence-electron chi connectivity index (χ0n) is 12.5. The molecular weight excluding hydrogens is 274 g/mol. The van der Waals surface area contributed by atoms with Crippen LogP contribution in [0.25, 0.3) is 0 Å². The molecule has 2 N–H and O–H groups in total. The Morgan fingerprint density at radius 1 is 1.62 bits per heavy atom. The standard InChI is InChI=1S/C14H21N3O4/c1-5-11(8-13(19)21-6-2)17(10(4)18)16-9(3)7-12(15)14(16)20/h1,9,11-12H,6-8,15H2,2-4H3/t9-,11-,12+/m1/s1. The zero-order chi connectivity index (χ0) is 16.2. The summed E-state index contributed by atoms with van der Waals surface area (Å²) in [6.45, 7) is 4.97. The van der Waals surface area contributed by atoms with Crippen LogP contribution < -0.4 is 5.73 Å². The Hall–Kier alpha value is -2.07. The highest BCUT2D eigenvalue weighted by atomic mass is 16.5. The highest BCUT2D eigenvalue weighted by Crippen LogP contribution is 2.23. The van der Waals surface area contributed by atoms with Gasteiger partial charge in [-0.05, 0) is 20.3 Å². The van der Waals surface area contributed by atoms with Crippen LogP contribution in [0.4, 0.5) is 0 Å². The van der Waals surface area contributed by atoms with E-state index in [1.54, 1.807) is 13.8 Å². The Morgan fingerprint density at radius 3 is 2.62 bits per heavy atom. The summed E-state index contributed by atoms with van der Waals surface area (Å²) in [6.07, 6.45) is 5.69. The molecular formula is C14H21N3O4. The van der Waals surface area contributed by atoms with E-state index in [0.29, 0.717) is 6.42 Å². The lowest BCUT2D eigenvalue weighted by molar-refractivity contribution is -0.167. The fourth-order valence-corrected chi connectivity index (χ4v) is 2.39. The lowest BCUT2D eigenvalue weighted by atomic mass is 10.2. The molecule has 116 valence electrons. The highest BCUT2D eigenvalue weighted by Gasteiger charge is 2.42. The van der Waals surface area contributed by atoms with Gasteiger partial charge in [-0.25, -0.2) is 10.0 Å². The van der Waals surface area contributed by atoms with Crippen molar-refractivity contribution in [2.75, 3.05) is 6.61 Å². The SMILES string of the molecule is C#C[C@H](CC(=O)OCC)N(C(C)=O)N1C(=O)[C@@H](N)C[C@H]1C. The average Bonchev–Trinajstić information content (AvgIpc) is 2.64. The zero-order valence-corrected chi connectivity index (χ0v) is 12.5. The first-order valence-electron chi connectivity index (χ1n) is 6.83. The van der Waals surface area contributed by atoms with Gasteiger partial charge in [-0.2, -0.15) is 0 Å². The van der Waals surface area contributed by atoms with Crippen LogP contribution in [0.5, 0.6) is 0 Å². The number of nitrogens with zero attached hydrogens (tertiary/aromatic N) is 2. The number of hydrogen-bond acceptors (Lipinski definition) is 5. The van der Waals surface area contributed by atoms with Crippen LogP contribution in [0.15, 0.2) is 0 Å². The first-order valence-corrected chi connectivity index (χ1v) is 6.83. The summed E-state index contributed by atoms with van der Waals surface area (Å²) in [5, 5.41) is 2.40. The van der Waals surface area contributed by atoms with Crippen molar-refractivity contribution in [2.45, 2.75) is 51.7 Å². The van der Waals surface area contributed by atoms with Gasteiger partial charge in [0.25, 0.3) is 5.91 Å². The van der Waals surface area contributed by atoms with Gasteiger partial charge in [0.15, 0.2) is 0 Å². The van der Waals surface area contributed by atoms with Crippen molar-refractivity contribution in [1.29, 1.82) is 0 Å². The molecule has 3 atom stereocenters. The second-order valence-corrected chi connectivity index (χ2v) is 4.93. The highest BCUT2D eigenvalue weighted by molar-refractivity contribution is 5.87. The van der Waals surface area contributed by atoms with Gasteiger partial charge >= 0.3 is 5.97 Å². The van der Waals surface area contributed by atoms with Crippen molar-refractivity contribution < 1.29 is 19.1 Å². The summed E-state index contributed by atoms with van der Waals surface area (Å²) in [5.41, 5.74) is 5.72. The third-order valence-corrected chi connectivity index (χ3v) is 3.26. The van der Waals surface area contributed by atoms with Crippen LogP contribution in [-0.4, -0.2) is 52.5 Å². The summed E-state index contributed by atoms with van der Waals surface area (Å²) in [5.74, 6) is 1.06. The van der Waals surface area contributed by atoms with E-state index in [2.05, 4.69) is 5.92 Å². The maximum Gasteiger partial charge on any atom is 0.308 e. The van der Waals surface area contributed by atoms with Crippen LogP contribution in [0.2, 0.25) is 0 Å². The smallest absolute Gasteiger partial charge is 0.308 e. The lowest BCUT2D eigenvalue weighted by Crippen LogP contribution is -2.55. The Kier molecular flexibility index (Phi) is 5.73. The lowest BCUT2D eigenvalue weighted by Gasteiger charge is -2.37. The third-order valence-electron chi connectivity index (χ3n) is 3.26. The van der Waals surface area contributed by atoms with Crippen molar-refractivity contribution in [3.8, 4) is 12.3 Å². The molecule has 0 bridgehead atoms. The molecule has 1 saturated heterocycles. The molecule has 0 saturated carbocycles. The minimum Gasteiger partial charge on any atom is -0.466 e. The fourth-order valence-electron chi connectivity index (χ4n) is 2.39. The van der Waals surface area contributed by atoms with Crippen LogP contribution >= 0.6 is 0 Å². The normalized spacial score (nSPS) is 22.6. The summed E-state index contributed by atoms with van der Waals surface area (Å²) >= 11 is 0. The Bertz CT molecular complexity index is 471. The van der Waals surface area contributed by atoms with Gasteiger partial charge in [0.2, 0.25) is 5.91 Å².